The molecule has 3 heteroatoms. The molecule has 0 aromatic heterocycles. The van der Waals surface area contributed by atoms with Gasteiger partial charge in [-0.15, -0.1) is 0 Å². The van der Waals surface area contributed by atoms with Crippen molar-refractivity contribution in [3.63, 3.8) is 0 Å². The summed E-state index contributed by atoms with van der Waals surface area (Å²) in [5.74, 6) is -0.0793. The van der Waals surface area contributed by atoms with Crippen molar-refractivity contribution in [3.05, 3.63) is 48.6 Å². The molecule has 0 amide bonds. The van der Waals surface area contributed by atoms with Crippen LogP contribution in [0.15, 0.2) is 48.6 Å². The summed E-state index contributed by atoms with van der Waals surface area (Å²) < 4.78 is 6.06. The van der Waals surface area contributed by atoms with Crippen LogP contribution in [-0.2, 0) is 9.53 Å². The second-order valence-corrected chi connectivity index (χ2v) is 8.22. The van der Waals surface area contributed by atoms with Gasteiger partial charge in [0.2, 0.25) is 0 Å². The van der Waals surface area contributed by atoms with Gasteiger partial charge in [0, 0.05) is 6.42 Å². The lowest BCUT2D eigenvalue weighted by Crippen LogP contribution is -2.37. The van der Waals surface area contributed by atoms with E-state index in [1.165, 1.54) is 25.7 Å². The highest BCUT2D eigenvalue weighted by molar-refractivity contribution is 5.69. The zero-order valence-electron chi connectivity index (χ0n) is 18.9. The van der Waals surface area contributed by atoms with E-state index in [-0.39, 0.29) is 5.97 Å². The topological polar surface area (TPSA) is 26.3 Å². The Bertz CT molecular complexity index is 481. The Morgan fingerprint density at radius 3 is 1.75 bits per heavy atom. The Balaban J connectivity index is 3.51. The molecule has 0 aliphatic rings. The average Bonchev–Trinajstić information content (AvgIpc) is 2.63. The highest BCUT2D eigenvalue weighted by Gasteiger charge is 2.08. The van der Waals surface area contributed by atoms with Gasteiger partial charge in [0.25, 0.3) is 0 Å². The van der Waals surface area contributed by atoms with Crippen LogP contribution in [0.1, 0.15) is 71.1 Å². The third kappa shape index (κ3) is 22.4. The van der Waals surface area contributed by atoms with Crippen molar-refractivity contribution in [1.29, 1.82) is 0 Å². The van der Waals surface area contributed by atoms with E-state index in [1.807, 2.05) is 0 Å². The number of quaternary nitrogens is 1. The fourth-order valence-electron chi connectivity index (χ4n) is 2.43. The SMILES string of the molecule is CCCCC/C=C\C/C=C\C/C=C\C/C=C\CCCC(=O)OCC[N+](C)(C)C. The Morgan fingerprint density at radius 1 is 0.750 bits per heavy atom. The van der Waals surface area contributed by atoms with Crippen LogP contribution in [-0.4, -0.2) is 44.7 Å². The number of likely N-dealkylation sites (N-methyl/N-ethyl adjacent to an activating group) is 1. The number of nitrogens with zero attached hydrogens (tertiary/aromatic N) is 1. The minimum Gasteiger partial charge on any atom is -0.460 e. The number of ether oxygens (including phenoxy) is 1. The molecular weight excluding hydrogens is 346 g/mol. The Morgan fingerprint density at radius 2 is 1.25 bits per heavy atom. The monoisotopic (exact) mass is 390 g/mol. The number of hydrogen-bond acceptors (Lipinski definition) is 2. The molecular formula is C25H44NO2+. The van der Waals surface area contributed by atoms with Crippen molar-refractivity contribution in [2.75, 3.05) is 34.3 Å². The quantitative estimate of drug-likeness (QED) is 0.125. The first-order chi connectivity index (χ1) is 13.5. The smallest absolute Gasteiger partial charge is 0.306 e. The van der Waals surface area contributed by atoms with E-state index in [0.717, 1.165) is 43.1 Å². The molecule has 0 unspecified atom stereocenters. The van der Waals surface area contributed by atoms with E-state index in [0.29, 0.717) is 13.0 Å². The van der Waals surface area contributed by atoms with Crippen LogP contribution in [0.25, 0.3) is 0 Å². The largest absolute Gasteiger partial charge is 0.460 e. The number of allylic oxidation sites excluding steroid dienone is 8. The van der Waals surface area contributed by atoms with Crippen molar-refractivity contribution in [2.24, 2.45) is 0 Å². The summed E-state index contributed by atoms with van der Waals surface area (Å²) >= 11 is 0. The lowest BCUT2D eigenvalue weighted by molar-refractivity contribution is -0.870. The van der Waals surface area contributed by atoms with Crippen molar-refractivity contribution >= 4 is 5.97 Å². The first kappa shape index (κ1) is 26.4. The Labute approximate surface area is 174 Å². The second-order valence-electron chi connectivity index (χ2n) is 8.22. The fraction of sp³-hybridized carbons (Fsp3) is 0.640. The number of hydrogen-bond donors (Lipinski definition) is 0. The van der Waals surface area contributed by atoms with Crippen LogP contribution in [0, 0.1) is 0 Å². The molecule has 0 radical (unpaired) electrons. The normalized spacial score (nSPS) is 12.9. The van der Waals surface area contributed by atoms with Gasteiger partial charge in [0.05, 0.1) is 21.1 Å². The lowest BCUT2D eigenvalue weighted by atomic mass is 10.2. The molecule has 3 nitrogen and oxygen atoms in total. The fourth-order valence-corrected chi connectivity index (χ4v) is 2.43. The third-order valence-electron chi connectivity index (χ3n) is 4.23. The molecule has 0 aromatic carbocycles. The summed E-state index contributed by atoms with van der Waals surface area (Å²) in [5, 5.41) is 0. The molecule has 28 heavy (non-hydrogen) atoms. The molecule has 0 fully saturated rings. The summed E-state index contributed by atoms with van der Waals surface area (Å²) in [6.45, 7) is 3.60. The van der Waals surface area contributed by atoms with Crippen LogP contribution in [0.2, 0.25) is 0 Å². The Hall–Kier alpha value is -1.61. The summed E-state index contributed by atoms with van der Waals surface area (Å²) in [6.07, 6.45) is 28.2. The van der Waals surface area contributed by atoms with E-state index in [9.17, 15) is 4.79 Å². The molecule has 0 aliphatic carbocycles. The molecule has 0 N–H and O–H groups in total. The molecule has 0 spiro atoms. The van der Waals surface area contributed by atoms with Crippen molar-refractivity contribution < 1.29 is 14.0 Å². The summed E-state index contributed by atoms with van der Waals surface area (Å²) in [5.41, 5.74) is 0. The van der Waals surface area contributed by atoms with Gasteiger partial charge in [-0.25, -0.2) is 0 Å². The number of rotatable bonds is 17. The molecule has 0 bridgehead atoms. The zero-order chi connectivity index (χ0) is 20.9. The standard InChI is InChI=1S/C25H44NO2/c1-5-6-7-8-9-10-11-12-13-14-15-16-17-18-19-20-21-22-25(27)28-24-23-26(2,3)4/h9-10,12-13,15-16,18-19H,5-8,11,14,17,20-24H2,1-4H3/q+1/b10-9-,13-12-,16-15-,19-18-. The van der Waals surface area contributed by atoms with E-state index in [1.54, 1.807) is 0 Å². The molecule has 0 aliphatic heterocycles. The molecule has 0 rings (SSSR count). The highest BCUT2D eigenvalue weighted by Crippen LogP contribution is 2.02. The van der Waals surface area contributed by atoms with Gasteiger partial charge in [-0.2, -0.15) is 0 Å². The predicted molar refractivity (Wildman–Crippen MR) is 122 cm³/mol. The van der Waals surface area contributed by atoms with Crippen LogP contribution in [0.4, 0.5) is 0 Å². The minimum atomic E-state index is -0.0793. The van der Waals surface area contributed by atoms with Gasteiger partial charge in [0.15, 0.2) is 0 Å². The number of carbonyl (C=O) groups excluding carboxylic acids is 1. The van der Waals surface area contributed by atoms with Crippen LogP contribution >= 0.6 is 0 Å². The molecule has 0 saturated carbocycles. The second kappa shape index (κ2) is 18.7. The maximum absolute atomic E-state index is 11.6. The van der Waals surface area contributed by atoms with Gasteiger partial charge in [-0.05, 0) is 44.9 Å². The maximum Gasteiger partial charge on any atom is 0.306 e. The van der Waals surface area contributed by atoms with Crippen LogP contribution in [0.5, 0.6) is 0 Å². The number of esters is 1. The van der Waals surface area contributed by atoms with E-state index in [2.05, 4.69) is 76.7 Å². The van der Waals surface area contributed by atoms with E-state index in [4.69, 9.17) is 4.74 Å². The van der Waals surface area contributed by atoms with Crippen LogP contribution < -0.4 is 0 Å². The number of unbranched alkanes of at least 4 members (excludes halogenated alkanes) is 4. The first-order valence-electron chi connectivity index (χ1n) is 11.0. The summed E-state index contributed by atoms with van der Waals surface area (Å²) in [4.78, 5) is 11.6. The third-order valence-corrected chi connectivity index (χ3v) is 4.23. The lowest BCUT2D eigenvalue weighted by Gasteiger charge is -2.23. The number of carbonyl (C=O) groups is 1. The van der Waals surface area contributed by atoms with Crippen molar-refractivity contribution in [1.82, 2.24) is 0 Å². The zero-order valence-corrected chi connectivity index (χ0v) is 18.9. The molecule has 0 atom stereocenters. The predicted octanol–water partition coefficient (Wildman–Crippen LogP) is 6.38. The van der Waals surface area contributed by atoms with Crippen LogP contribution in [0.3, 0.4) is 0 Å². The first-order valence-corrected chi connectivity index (χ1v) is 11.0. The van der Waals surface area contributed by atoms with Gasteiger partial charge in [-0.1, -0.05) is 68.4 Å². The Kier molecular flexibility index (Phi) is 17.7. The van der Waals surface area contributed by atoms with Gasteiger partial charge < -0.3 is 9.22 Å². The van der Waals surface area contributed by atoms with E-state index >= 15 is 0 Å². The van der Waals surface area contributed by atoms with Gasteiger partial charge in [0.1, 0.15) is 13.2 Å². The van der Waals surface area contributed by atoms with Crippen molar-refractivity contribution in [2.45, 2.75) is 71.1 Å². The maximum atomic E-state index is 11.6. The minimum absolute atomic E-state index is 0.0793. The summed E-state index contributed by atoms with van der Waals surface area (Å²) in [6, 6.07) is 0. The molecule has 0 heterocycles. The molecule has 0 saturated heterocycles. The van der Waals surface area contributed by atoms with Gasteiger partial charge in [-0.3, -0.25) is 4.79 Å². The summed E-state index contributed by atoms with van der Waals surface area (Å²) in [7, 11) is 6.28. The molecule has 160 valence electrons. The van der Waals surface area contributed by atoms with E-state index < -0.39 is 0 Å². The van der Waals surface area contributed by atoms with Gasteiger partial charge >= 0.3 is 5.97 Å². The molecule has 0 aromatic rings. The average molecular weight is 391 g/mol. The highest BCUT2D eigenvalue weighted by atomic mass is 16.5. The van der Waals surface area contributed by atoms with Crippen molar-refractivity contribution in [3.8, 4) is 0 Å².